The van der Waals surface area contributed by atoms with E-state index in [4.69, 9.17) is 10.2 Å². The lowest BCUT2D eigenvalue weighted by atomic mass is 10.3. The number of nitrogens with zero attached hydrogens (tertiary/aromatic N) is 7. The highest BCUT2D eigenvalue weighted by molar-refractivity contribution is 5.82. The molecule has 2 aromatic heterocycles. The van der Waals surface area contributed by atoms with E-state index in [-0.39, 0.29) is 31.2 Å². The highest BCUT2D eigenvalue weighted by atomic mass is 35.5. The van der Waals surface area contributed by atoms with Crippen LogP contribution in [0.1, 0.15) is 25.8 Å². The summed E-state index contributed by atoms with van der Waals surface area (Å²) >= 11 is 0. The van der Waals surface area contributed by atoms with E-state index in [1.807, 2.05) is 0 Å². The average molecular weight is 468 g/mol. The van der Waals surface area contributed by atoms with E-state index < -0.39 is 24.1 Å². The highest BCUT2D eigenvalue weighted by Gasteiger charge is 2.26. The van der Waals surface area contributed by atoms with Crippen molar-refractivity contribution < 1.29 is 46.7 Å². The van der Waals surface area contributed by atoms with Crippen LogP contribution in [0.15, 0.2) is 63.7 Å². The number of aromatic nitrogens is 3. The Morgan fingerprint density at radius 3 is 2.34 bits per heavy atom. The lowest BCUT2D eigenvalue weighted by Crippen LogP contribution is -3.00. The predicted molar refractivity (Wildman–Crippen MR) is 104 cm³/mol. The Bertz CT molecular complexity index is 1060. The van der Waals surface area contributed by atoms with Crippen LogP contribution in [0.2, 0.25) is 0 Å². The molecule has 1 unspecified atom stereocenters. The van der Waals surface area contributed by atoms with Gasteiger partial charge in [0.15, 0.2) is 5.84 Å². The van der Waals surface area contributed by atoms with Gasteiger partial charge in [0.05, 0.1) is 11.8 Å². The number of azo groups is 1. The van der Waals surface area contributed by atoms with Gasteiger partial charge in [-0.05, 0) is 12.1 Å². The summed E-state index contributed by atoms with van der Waals surface area (Å²) < 4.78 is 3.75. The van der Waals surface area contributed by atoms with Crippen LogP contribution < -0.4 is 22.3 Å². The zero-order valence-corrected chi connectivity index (χ0v) is 17.8. The zero-order valence-electron chi connectivity index (χ0n) is 17.0. The third-order valence-electron chi connectivity index (χ3n) is 4.02. The molecule has 172 valence electrons. The molecular weight excluding hydrogens is 446 g/mol. The summed E-state index contributed by atoms with van der Waals surface area (Å²) in [5, 5.41) is 43.4. The van der Waals surface area contributed by atoms with E-state index in [0.29, 0.717) is 18.3 Å². The first-order valence-electron chi connectivity index (χ1n) is 9.21. The Hall–Kier alpha value is -3.87. The number of rotatable bonds is 9. The smallest absolute Gasteiger partial charge is 0.509 e. The number of hydrogen-bond donors (Lipinski definition) is 3. The van der Waals surface area contributed by atoms with E-state index in [9.17, 15) is 19.5 Å². The standard InChI is InChI=1S/C18H21N7O6.ClH/c1-2-15(22-20-13-3-6-23(7-4-13)8-5-16(26)27)21-19-11-14(17(28)29)24-9-10-25(12-24)18(30)31;/h3-4,6-7,9-10,12,14H,2,5,8,11H2,1H3,(H2-,26,27,28,29,30,31);1H. The van der Waals surface area contributed by atoms with Gasteiger partial charge in [-0.15, -0.1) is 19.9 Å². The van der Waals surface area contributed by atoms with Gasteiger partial charge < -0.3 is 32.3 Å². The first-order chi connectivity index (χ1) is 14.8. The molecule has 2 rings (SSSR count). The molecule has 14 heteroatoms. The van der Waals surface area contributed by atoms with Crippen LogP contribution >= 0.6 is 0 Å². The van der Waals surface area contributed by atoms with Crippen LogP contribution in [0.4, 0.5) is 4.79 Å². The van der Waals surface area contributed by atoms with Gasteiger partial charge in [0.2, 0.25) is 6.04 Å². The number of pyridine rings is 1. The maximum atomic E-state index is 11.5. The summed E-state index contributed by atoms with van der Waals surface area (Å²) in [5.41, 5.74) is 0. The highest BCUT2D eigenvalue weighted by Crippen LogP contribution is 2.01. The van der Waals surface area contributed by atoms with Crippen LogP contribution in [0.25, 0.3) is 0 Å². The number of amidine groups is 1. The van der Waals surface area contributed by atoms with Gasteiger partial charge in [-0.2, -0.15) is 9.91 Å². The van der Waals surface area contributed by atoms with Gasteiger partial charge >= 0.3 is 18.0 Å². The largest absolute Gasteiger partial charge is 1.00 e. The minimum absolute atomic E-state index is 0. The molecular formula is C18H22ClN7O6. The van der Waals surface area contributed by atoms with Gasteiger partial charge in [0.1, 0.15) is 18.9 Å². The van der Waals surface area contributed by atoms with Crippen LogP contribution in [-0.4, -0.2) is 54.9 Å². The summed E-state index contributed by atoms with van der Waals surface area (Å²) in [5.74, 6) is -1.79. The fourth-order valence-electron chi connectivity index (χ4n) is 2.33. The fraction of sp³-hybridized carbons (Fsp3) is 0.333. The molecule has 0 spiro atoms. The molecule has 0 amide bonds. The maximum Gasteiger partial charge on any atom is 0.509 e. The van der Waals surface area contributed by atoms with Crippen molar-refractivity contribution in [2.24, 2.45) is 20.4 Å². The van der Waals surface area contributed by atoms with Gasteiger partial charge in [-0.3, -0.25) is 4.79 Å². The van der Waals surface area contributed by atoms with Crippen molar-refractivity contribution >= 4 is 23.9 Å². The molecule has 32 heavy (non-hydrogen) atoms. The van der Waals surface area contributed by atoms with Crippen LogP contribution in [-0.2, 0) is 16.1 Å². The first-order valence-corrected chi connectivity index (χ1v) is 9.21. The molecule has 2 aromatic rings. The van der Waals surface area contributed by atoms with Gasteiger partial charge in [-0.1, -0.05) is 6.92 Å². The van der Waals surface area contributed by atoms with Crippen molar-refractivity contribution in [1.82, 2.24) is 9.13 Å². The minimum atomic E-state index is -1.24. The van der Waals surface area contributed by atoms with Gasteiger partial charge in [-0.25, -0.2) is 9.36 Å². The van der Waals surface area contributed by atoms with Crippen molar-refractivity contribution in [3.63, 3.8) is 0 Å². The summed E-state index contributed by atoms with van der Waals surface area (Å²) in [6.45, 7) is 1.90. The Labute approximate surface area is 188 Å². The molecule has 3 N–H and O–H groups in total. The Kier molecular flexibility index (Phi) is 10.4. The van der Waals surface area contributed by atoms with E-state index in [1.165, 1.54) is 17.0 Å². The quantitative estimate of drug-likeness (QED) is 0.126. The second-order valence-electron chi connectivity index (χ2n) is 6.24. The third kappa shape index (κ3) is 8.10. The topological polar surface area (TPSA) is 175 Å². The molecule has 0 aliphatic heterocycles. The van der Waals surface area contributed by atoms with Crippen molar-refractivity contribution in [2.45, 2.75) is 32.4 Å². The third-order valence-corrected chi connectivity index (χ3v) is 4.02. The van der Waals surface area contributed by atoms with Crippen molar-refractivity contribution in [3.05, 3.63) is 48.6 Å². The molecule has 0 fully saturated rings. The molecule has 0 aliphatic carbocycles. The number of aryl methyl sites for hydroxylation is 1. The number of halogens is 1. The van der Waals surface area contributed by atoms with Crippen molar-refractivity contribution in [3.8, 4) is 0 Å². The summed E-state index contributed by atoms with van der Waals surface area (Å²) in [6, 6.07) is 2.20. The number of aliphatic carboxylic acids is 2. The zero-order chi connectivity index (χ0) is 22.8. The number of carbonyl (C=O) groups is 3. The molecule has 0 aliphatic rings. The molecule has 0 radical (unpaired) electrons. The molecule has 0 saturated heterocycles. The Balaban J connectivity index is 0.00000512. The van der Waals surface area contributed by atoms with Crippen molar-refractivity contribution in [1.29, 1.82) is 0 Å². The average Bonchev–Trinajstić information content (AvgIpc) is 3.22. The van der Waals surface area contributed by atoms with Crippen LogP contribution in [0, 0.1) is 0 Å². The molecule has 0 bridgehead atoms. The van der Waals surface area contributed by atoms with E-state index in [0.717, 1.165) is 10.9 Å². The molecule has 13 nitrogen and oxygen atoms in total. The van der Waals surface area contributed by atoms with Gasteiger partial charge in [0, 0.05) is 25.4 Å². The number of carboxylic acid groups (broad SMARTS) is 3. The van der Waals surface area contributed by atoms with Crippen molar-refractivity contribution in [2.75, 3.05) is 6.54 Å². The van der Waals surface area contributed by atoms with E-state index in [2.05, 4.69) is 20.4 Å². The molecule has 0 aromatic carbocycles. The number of imidazole rings is 1. The van der Waals surface area contributed by atoms with Crippen LogP contribution in [0.3, 0.4) is 0 Å². The SMILES string of the molecule is CCC(N=NCC(C(=O)O)[n+]1ccn(C(=O)O)c1)=NN=c1ccn(CCC(=O)O)cc1.[Cl-]. The second kappa shape index (κ2) is 12.7. The second-order valence-corrected chi connectivity index (χ2v) is 6.24. The van der Waals surface area contributed by atoms with E-state index in [1.54, 1.807) is 36.0 Å². The Morgan fingerprint density at radius 1 is 1.12 bits per heavy atom. The maximum absolute atomic E-state index is 11.5. The minimum Gasteiger partial charge on any atom is -1.00 e. The fourth-order valence-corrected chi connectivity index (χ4v) is 2.33. The Morgan fingerprint density at radius 2 is 1.81 bits per heavy atom. The number of carboxylic acids is 2. The van der Waals surface area contributed by atoms with Crippen LogP contribution in [0.5, 0.6) is 0 Å². The normalized spacial score (nSPS) is 12.2. The summed E-state index contributed by atoms with van der Waals surface area (Å²) in [4.78, 5) is 33.0. The predicted octanol–water partition coefficient (Wildman–Crippen LogP) is -2.02. The summed E-state index contributed by atoms with van der Waals surface area (Å²) in [6.07, 6.45) is 6.22. The monoisotopic (exact) mass is 467 g/mol. The lowest BCUT2D eigenvalue weighted by Gasteiger charge is -2.04. The molecule has 1 atom stereocenters. The van der Waals surface area contributed by atoms with E-state index >= 15 is 0 Å². The van der Waals surface area contributed by atoms with Gasteiger partial charge in [0.25, 0.3) is 6.33 Å². The summed E-state index contributed by atoms with van der Waals surface area (Å²) in [7, 11) is 0. The first kappa shape index (κ1) is 26.2. The molecule has 0 saturated carbocycles. The molecule has 2 heterocycles. The number of hydrogen-bond acceptors (Lipinski definition) is 6. The lowest BCUT2D eigenvalue weighted by molar-refractivity contribution is -0.707.